The molecule has 102 valence electrons. The van der Waals surface area contributed by atoms with Gasteiger partial charge < -0.3 is 4.74 Å². The van der Waals surface area contributed by atoms with Crippen LogP contribution in [0.5, 0.6) is 0 Å². The average Bonchev–Trinajstić information content (AvgIpc) is 2.28. The number of hydrogen-bond acceptors (Lipinski definition) is 3. The Morgan fingerprint density at radius 2 is 2.00 bits per heavy atom. The molecule has 0 heterocycles. The molecule has 0 aliphatic heterocycles. The van der Waals surface area contributed by atoms with E-state index in [0.29, 0.717) is 19.4 Å². The smallest absolute Gasteiger partial charge is 0.319 e. The van der Waals surface area contributed by atoms with E-state index in [1.165, 1.54) is 0 Å². The first kappa shape index (κ1) is 16.8. The van der Waals surface area contributed by atoms with E-state index in [2.05, 4.69) is 0 Å². The molecule has 0 aliphatic rings. The molecule has 2 unspecified atom stereocenters. The van der Waals surface area contributed by atoms with Crippen LogP contribution in [0.4, 0.5) is 4.39 Å². The SMILES string of the molecule is CCOC(=O)C(SCCCC(F)CC)C(C)C. The van der Waals surface area contributed by atoms with E-state index in [1.54, 1.807) is 11.8 Å². The minimum absolute atomic E-state index is 0.116. The number of alkyl halides is 1. The molecule has 0 saturated carbocycles. The monoisotopic (exact) mass is 264 g/mol. The summed E-state index contributed by atoms with van der Waals surface area (Å²) in [5, 5.41) is -0.116. The van der Waals surface area contributed by atoms with Gasteiger partial charge in [0.2, 0.25) is 0 Å². The zero-order valence-electron chi connectivity index (χ0n) is 11.4. The van der Waals surface area contributed by atoms with Gasteiger partial charge in [0.05, 0.1) is 12.8 Å². The third-order valence-corrected chi connectivity index (χ3v) is 4.15. The predicted octanol–water partition coefficient (Wildman–Crippen LogP) is 3.84. The number of carbonyl (C=O) groups is 1. The molecule has 0 aliphatic carbocycles. The van der Waals surface area contributed by atoms with Gasteiger partial charge in [-0.3, -0.25) is 4.79 Å². The Balaban J connectivity index is 3.90. The molecule has 0 N–H and O–H groups in total. The van der Waals surface area contributed by atoms with Crippen LogP contribution < -0.4 is 0 Å². The second-order valence-electron chi connectivity index (χ2n) is 4.44. The lowest BCUT2D eigenvalue weighted by molar-refractivity contribution is -0.143. The van der Waals surface area contributed by atoms with Crippen LogP contribution in [0.15, 0.2) is 0 Å². The largest absolute Gasteiger partial charge is 0.465 e. The van der Waals surface area contributed by atoms with Crippen molar-refractivity contribution in [3.05, 3.63) is 0 Å². The third-order valence-electron chi connectivity index (χ3n) is 2.53. The molecule has 0 saturated heterocycles. The standard InChI is InChI=1S/C13H25FO2S/c1-5-11(14)8-7-9-17-12(10(3)4)13(15)16-6-2/h10-12H,5-9H2,1-4H3. The van der Waals surface area contributed by atoms with Crippen molar-refractivity contribution in [3.63, 3.8) is 0 Å². The van der Waals surface area contributed by atoms with E-state index >= 15 is 0 Å². The molecular weight excluding hydrogens is 239 g/mol. The number of thioether (sulfide) groups is 1. The Hall–Kier alpha value is -0.250. The molecule has 0 aromatic heterocycles. The van der Waals surface area contributed by atoms with Gasteiger partial charge in [-0.1, -0.05) is 20.8 Å². The van der Waals surface area contributed by atoms with Gasteiger partial charge >= 0.3 is 5.97 Å². The molecule has 17 heavy (non-hydrogen) atoms. The second-order valence-corrected chi connectivity index (χ2v) is 5.68. The second kappa shape index (κ2) is 9.75. The fourth-order valence-electron chi connectivity index (χ4n) is 1.48. The van der Waals surface area contributed by atoms with E-state index in [4.69, 9.17) is 4.74 Å². The highest BCUT2D eigenvalue weighted by Crippen LogP contribution is 2.23. The van der Waals surface area contributed by atoms with Gasteiger partial charge in [0.1, 0.15) is 5.25 Å². The molecular formula is C13H25FO2S. The fourth-order valence-corrected chi connectivity index (χ4v) is 2.65. The Labute approximate surface area is 109 Å². The number of carbonyl (C=O) groups excluding carboxylic acids is 1. The highest BCUT2D eigenvalue weighted by molar-refractivity contribution is 8.00. The molecule has 2 atom stereocenters. The van der Waals surface area contributed by atoms with Crippen LogP contribution in [0.2, 0.25) is 0 Å². The average molecular weight is 264 g/mol. The van der Waals surface area contributed by atoms with Gasteiger partial charge in [0.15, 0.2) is 0 Å². The summed E-state index contributed by atoms with van der Waals surface area (Å²) < 4.78 is 18.0. The number of esters is 1. The highest BCUT2D eigenvalue weighted by Gasteiger charge is 2.23. The summed E-state index contributed by atoms with van der Waals surface area (Å²) in [6, 6.07) is 0. The zero-order chi connectivity index (χ0) is 13.3. The van der Waals surface area contributed by atoms with Gasteiger partial charge in [-0.05, 0) is 37.9 Å². The molecule has 4 heteroatoms. The molecule has 0 amide bonds. The van der Waals surface area contributed by atoms with Crippen LogP contribution in [-0.4, -0.2) is 29.8 Å². The van der Waals surface area contributed by atoms with E-state index in [1.807, 2.05) is 27.7 Å². The van der Waals surface area contributed by atoms with Crippen LogP contribution in [0.3, 0.4) is 0 Å². The van der Waals surface area contributed by atoms with Gasteiger partial charge in [-0.2, -0.15) is 0 Å². The molecule has 0 fully saturated rings. The van der Waals surface area contributed by atoms with Crippen molar-refractivity contribution in [2.45, 2.75) is 58.4 Å². The maximum absolute atomic E-state index is 13.0. The van der Waals surface area contributed by atoms with Crippen LogP contribution >= 0.6 is 11.8 Å². The quantitative estimate of drug-likeness (QED) is 0.467. The van der Waals surface area contributed by atoms with Crippen LogP contribution in [0, 0.1) is 5.92 Å². The molecule has 2 nitrogen and oxygen atoms in total. The number of hydrogen-bond donors (Lipinski definition) is 0. The lowest BCUT2D eigenvalue weighted by Crippen LogP contribution is -2.26. The summed E-state index contributed by atoms with van der Waals surface area (Å²) in [5.74, 6) is 0.938. The molecule has 0 bridgehead atoms. The fraction of sp³-hybridized carbons (Fsp3) is 0.923. The summed E-state index contributed by atoms with van der Waals surface area (Å²) >= 11 is 1.59. The molecule has 0 rings (SSSR count). The summed E-state index contributed by atoms with van der Waals surface area (Å²) in [5.41, 5.74) is 0. The normalized spacial score (nSPS) is 14.7. The summed E-state index contributed by atoms with van der Waals surface area (Å²) in [6.07, 6.45) is 1.30. The van der Waals surface area contributed by atoms with E-state index in [9.17, 15) is 9.18 Å². The first-order valence-corrected chi connectivity index (χ1v) is 7.50. The topological polar surface area (TPSA) is 26.3 Å². The van der Waals surface area contributed by atoms with Crippen molar-refractivity contribution >= 4 is 17.7 Å². The van der Waals surface area contributed by atoms with Crippen LogP contribution in [0.1, 0.15) is 47.0 Å². The minimum atomic E-state index is -0.698. The summed E-state index contributed by atoms with van der Waals surface area (Å²) in [6.45, 7) is 8.12. The zero-order valence-corrected chi connectivity index (χ0v) is 12.2. The molecule has 0 aromatic rings. The molecule has 0 spiro atoms. The van der Waals surface area contributed by atoms with E-state index in [0.717, 1.165) is 12.2 Å². The maximum atomic E-state index is 13.0. The minimum Gasteiger partial charge on any atom is -0.465 e. The van der Waals surface area contributed by atoms with Crippen molar-refractivity contribution in [2.75, 3.05) is 12.4 Å². The third kappa shape index (κ3) is 7.63. The van der Waals surface area contributed by atoms with Gasteiger partial charge in [0, 0.05) is 0 Å². The summed E-state index contributed by atoms with van der Waals surface area (Å²) in [7, 11) is 0. The van der Waals surface area contributed by atoms with Crippen LogP contribution in [0.25, 0.3) is 0 Å². The van der Waals surface area contributed by atoms with Crippen molar-refractivity contribution in [3.8, 4) is 0 Å². The lowest BCUT2D eigenvalue weighted by atomic mass is 10.1. The van der Waals surface area contributed by atoms with Gasteiger partial charge in [0.25, 0.3) is 0 Å². The number of halogens is 1. The number of ether oxygens (including phenoxy) is 1. The van der Waals surface area contributed by atoms with Crippen molar-refractivity contribution < 1.29 is 13.9 Å². The predicted molar refractivity (Wildman–Crippen MR) is 72.1 cm³/mol. The Bertz CT molecular complexity index is 210. The summed E-state index contributed by atoms with van der Waals surface area (Å²) in [4.78, 5) is 11.7. The number of rotatable bonds is 9. The van der Waals surface area contributed by atoms with Gasteiger partial charge in [-0.25, -0.2) is 4.39 Å². The maximum Gasteiger partial charge on any atom is 0.319 e. The van der Waals surface area contributed by atoms with E-state index < -0.39 is 6.17 Å². The van der Waals surface area contributed by atoms with E-state index in [-0.39, 0.29) is 17.1 Å². The Kier molecular flexibility index (Phi) is 9.60. The first-order valence-electron chi connectivity index (χ1n) is 6.45. The molecule has 0 aromatic carbocycles. The Morgan fingerprint density at radius 1 is 1.35 bits per heavy atom. The first-order chi connectivity index (χ1) is 8.02. The van der Waals surface area contributed by atoms with Gasteiger partial charge in [-0.15, -0.1) is 11.8 Å². The lowest BCUT2D eigenvalue weighted by Gasteiger charge is -2.18. The van der Waals surface area contributed by atoms with Crippen molar-refractivity contribution in [1.82, 2.24) is 0 Å². The van der Waals surface area contributed by atoms with Crippen LogP contribution in [-0.2, 0) is 9.53 Å². The molecule has 0 radical (unpaired) electrons. The van der Waals surface area contributed by atoms with Crippen molar-refractivity contribution in [2.24, 2.45) is 5.92 Å². The van der Waals surface area contributed by atoms with Crippen molar-refractivity contribution in [1.29, 1.82) is 0 Å². The highest BCUT2D eigenvalue weighted by atomic mass is 32.2. The Morgan fingerprint density at radius 3 is 2.47 bits per heavy atom.